The second-order valence-electron chi connectivity index (χ2n) is 4.69. The SMILES string of the molecule is C[C@H](NC(=O)CS(=O)c1ccc2ccccc2c1)C(N)=O. The summed E-state index contributed by atoms with van der Waals surface area (Å²) in [4.78, 5) is 23.1. The lowest BCUT2D eigenvalue weighted by molar-refractivity contribution is -0.125. The normalized spacial score (nSPS) is 13.6. The van der Waals surface area contributed by atoms with Gasteiger partial charge in [0.25, 0.3) is 0 Å². The Labute approximate surface area is 125 Å². The van der Waals surface area contributed by atoms with E-state index in [4.69, 9.17) is 5.73 Å². The fourth-order valence-corrected chi connectivity index (χ4v) is 2.83. The molecule has 0 aromatic heterocycles. The summed E-state index contributed by atoms with van der Waals surface area (Å²) in [6.45, 7) is 1.49. The second-order valence-corrected chi connectivity index (χ2v) is 6.14. The average molecular weight is 304 g/mol. The lowest BCUT2D eigenvalue weighted by Gasteiger charge is -2.10. The highest BCUT2D eigenvalue weighted by atomic mass is 32.2. The van der Waals surface area contributed by atoms with Gasteiger partial charge in [-0.15, -0.1) is 0 Å². The molecule has 2 aromatic carbocycles. The Morgan fingerprint density at radius 1 is 1.19 bits per heavy atom. The Kier molecular flexibility index (Phi) is 4.70. The summed E-state index contributed by atoms with van der Waals surface area (Å²) in [6.07, 6.45) is 0. The zero-order valence-corrected chi connectivity index (χ0v) is 12.4. The first kappa shape index (κ1) is 15.2. The topological polar surface area (TPSA) is 89.3 Å². The summed E-state index contributed by atoms with van der Waals surface area (Å²) in [5.41, 5.74) is 5.06. The van der Waals surface area contributed by atoms with Crippen LogP contribution in [-0.2, 0) is 20.4 Å². The van der Waals surface area contributed by atoms with Crippen LogP contribution in [0.4, 0.5) is 0 Å². The minimum atomic E-state index is -1.46. The highest BCUT2D eigenvalue weighted by Crippen LogP contribution is 2.17. The number of nitrogens with one attached hydrogen (secondary N) is 1. The van der Waals surface area contributed by atoms with E-state index >= 15 is 0 Å². The van der Waals surface area contributed by atoms with Gasteiger partial charge in [-0.05, 0) is 29.8 Å². The zero-order chi connectivity index (χ0) is 15.4. The smallest absolute Gasteiger partial charge is 0.239 e. The zero-order valence-electron chi connectivity index (χ0n) is 11.5. The van der Waals surface area contributed by atoms with Crippen LogP contribution in [-0.4, -0.2) is 27.8 Å². The van der Waals surface area contributed by atoms with Crippen LogP contribution < -0.4 is 11.1 Å². The Morgan fingerprint density at radius 2 is 1.86 bits per heavy atom. The van der Waals surface area contributed by atoms with Crippen molar-refractivity contribution in [2.45, 2.75) is 17.9 Å². The summed E-state index contributed by atoms with van der Waals surface area (Å²) in [7, 11) is -1.46. The lowest BCUT2D eigenvalue weighted by Crippen LogP contribution is -2.43. The molecular formula is C15H16N2O3S. The number of nitrogens with two attached hydrogens (primary N) is 1. The minimum absolute atomic E-state index is 0.198. The van der Waals surface area contributed by atoms with Crippen LogP contribution in [0.25, 0.3) is 10.8 Å². The van der Waals surface area contributed by atoms with Gasteiger partial charge >= 0.3 is 0 Å². The summed E-state index contributed by atoms with van der Waals surface area (Å²) < 4.78 is 12.2. The predicted molar refractivity (Wildman–Crippen MR) is 82.0 cm³/mol. The first-order chi connectivity index (χ1) is 9.97. The maximum absolute atomic E-state index is 12.2. The molecule has 0 fully saturated rings. The maximum Gasteiger partial charge on any atom is 0.239 e. The van der Waals surface area contributed by atoms with E-state index in [9.17, 15) is 13.8 Å². The maximum atomic E-state index is 12.2. The van der Waals surface area contributed by atoms with Gasteiger partial charge in [0.05, 0.1) is 10.8 Å². The highest BCUT2D eigenvalue weighted by molar-refractivity contribution is 7.85. The number of benzene rings is 2. The van der Waals surface area contributed by atoms with E-state index < -0.39 is 28.7 Å². The molecule has 0 aliphatic heterocycles. The highest BCUT2D eigenvalue weighted by Gasteiger charge is 2.15. The van der Waals surface area contributed by atoms with Crippen molar-refractivity contribution < 1.29 is 13.8 Å². The molecule has 6 heteroatoms. The van der Waals surface area contributed by atoms with Crippen LogP contribution in [0.3, 0.4) is 0 Å². The van der Waals surface area contributed by atoms with Crippen molar-refractivity contribution in [3.8, 4) is 0 Å². The van der Waals surface area contributed by atoms with Crippen LogP contribution >= 0.6 is 0 Å². The predicted octanol–water partition coefficient (Wildman–Crippen LogP) is 0.937. The van der Waals surface area contributed by atoms with Gasteiger partial charge in [-0.1, -0.05) is 30.3 Å². The number of hydrogen-bond acceptors (Lipinski definition) is 3. The molecule has 0 heterocycles. The van der Waals surface area contributed by atoms with Crippen molar-refractivity contribution in [2.75, 3.05) is 5.75 Å². The van der Waals surface area contributed by atoms with Crippen molar-refractivity contribution >= 4 is 33.4 Å². The summed E-state index contributed by atoms with van der Waals surface area (Å²) >= 11 is 0. The Morgan fingerprint density at radius 3 is 2.52 bits per heavy atom. The molecule has 2 amide bonds. The number of amides is 2. The third-order valence-electron chi connectivity index (χ3n) is 3.05. The van der Waals surface area contributed by atoms with Gasteiger partial charge in [0.15, 0.2) is 0 Å². The van der Waals surface area contributed by atoms with E-state index in [1.165, 1.54) is 6.92 Å². The van der Waals surface area contributed by atoms with Gasteiger partial charge in [-0.2, -0.15) is 0 Å². The molecule has 5 nitrogen and oxygen atoms in total. The van der Waals surface area contributed by atoms with Crippen LogP contribution in [0, 0.1) is 0 Å². The van der Waals surface area contributed by atoms with Crippen molar-refractivity contribution in [1.82, 2.24) is 5.32 Å². The number of hydrogen-bond donors (Lipinski definition) is 2. The summed E-state index contributed by atoms with van der Waals surface area (Å²) in [6, 6.07) is 12.3. The molecule has 0 saturated heterocycles. The Hall–Kier alpha value is -2.21. The van der Waals surface area contributed by atoms with Crippen molar-refractivity contribution in [3.63, 3.8) is 0 Å². The van der Waals surface area contributed by atoms with Crippen molar-refractivity contribution in [1.29, 1.82) is 0 Å². The number of fused-ring (bicyclic) bond motifs is 1. The summed E-state index contributed by atoms with van der Waals surface area (Å²) in [5.74, 6) is -1.29. The van der Waals surface area contributed by atoms with Crippen LogP contribution in [0.1, 0.15) is 6.92 Å². The average Bonchev–Trinajstić information content (AvgIpc) is 2.46. The molecule has 110 valence electrons. The minimum Gasteiger partial charge on any atom is -0.368 e. The van der Waals surface area contributed by atoms with Gasteiger partial charge in [0.1, 0.15) is 11.8 Å². The number of carbonyl (C=O) groups is 2. The molecule has 0 radical (unpaired) electrons. The lowest BCUT2D eigenvalue weighted by atomic mass is 10.1. The van der Waals surface area contributed by atoms with Crippen molar-refractivity contribution in [2.24, 2.45) is 5.73 Å². The van der Waals surface area contributed by atoms with Crippen LogP contribution in [0.15, 0.2) is 47.4 Å². The van der Waals surface area contributed by atoms with E-state index in [1.54, 1.807) is 12.1 Å². The molecule has 2 aromatic rings. The standard InChI is InChI=1S/C15H16N2O3S/c1-10(15(16)19)17-14(18)9-21(20)13-7-6-11-4-2-3-5-12(11)8-13/h2-8,10H,9H2,1H3,(H2,16,19)(H,17,18)/t10-,21?/m0/s1. The van der Waals surface area contributed by atoms with E-state index in [0.29, 0.717) is 4.90 Å². The molecule has 0 spiro atoms. The molecule has 1 unspecified atom stereocenters. The largest absolute Gasteiger partial charge is 0.368 e. The van der Waals surface area contributed by atoms with Crippen molar-refractivity contribution in [3.05, 3.63) is 42.5 Å². The molecule has 0 saturated carbocycles. The monoisotopic (exact) mass is 304 g/mol. The molecule has 21 heavy (non-hydrogen) atoms. The van der Waals surface area contributed by atoms with E-state index in [0.717, 1.165) is 10.8 Å². The Bertz CT molecular complexity index is 715. The van der Waals surface area contributed by atoms with Gasteiger partial charge in [-0.25, -0.2) is 0 Å². The van der Waals surface area contributed by atoms with Gasteiger partial charge in [0, 0.05) is 4.90 Å². The Balaban J connectivity index is 2.08. The third-order valence-corrected chi connectivity index (χ3v) is 4.35. The third kappa shape index (κ3) is 3.88. The second kappa shape index (κ2) is 6.49. The van der Waals surface area contributed by atoms with Gasteiger partial charge in [0.2, 0.25) is 11.8 Å². The fraction of sp³-hybridized carbons (Fsp3) is 0.200. The van der Waals surface area contributed by atoms with Crippen LogP contribution in [0.5, 0.6) is 0 Å². The molecule has 0 aliphatic rings. The molecule has 2 rings (SSSR count). The van der Waals surface area contributed by atoms with E-state index in [2.05, 4.69) is 5.32 Å². The molecule has 0 bridgehead atoms. The number of primary amides is 1. The summed E-state index contributed by atoms with van der Waals surface area (Å²) in [5, 5.41) is 4.42. The van der Waals surface area contributed by atoms with Gasteiger partial charge < -0.3 is 11.1 Å². The van der Waals surface area contributed by atoms with Crippen LogP contribution in [0.2, 0.25) is 0 Å². The van der Waals surface area contributed by atoms with Gasteiger partial charge in [-0.3, -0.25) is 13.8 Å². The number of rotatable bonds is 5. The van der Waals surface area contributed by atoms with E-state index in [1.807, 2.05) is 30.3 Å². The fourth-order valence-electron chi connectivity index (χ4n) is 1.87. The molecule has 0 aliphatic carbocycles. The first-order valence-corrected chi connectivity index (χ1v) is 7.75. The molecular weight excluding hydrogens is 288 g/mol. The first-order valence-electron chi connectivity index (χ1n) is 6.43. The molecule has 2 atom stereocenters. The quantitative estimate of drug-likeness (QED) is 0.861. The number of carbonyl (C=O) groups excluding carboxylic acids is 2. The molecule has 3 N–H and O–H groups in total. The van der Waals surface area contributed by atoms with E-state index in [-0.39, 0.29) is 5.75 Å².